The van der Waals surface area contributed by atoms with E-state index < -0.39 is 0 Å². The molecule has 0 saturated heterocycles. The predicted octanol–water partition coefficient (Wildman–Crippen LogP) is 3.08. The summed E-state index contributed by atoms with van der Waals surface area (Å²) >= 11 is 1.41. The van der Waals surface area contributed by atoms with Crippen LogP contribution >= 0.6 is 11.5 Å². The van der Waals surface area contributed by atoms with E-state index in [-0.39, 0.29) is 0 Å². The molecule has 3 nitrogen and oxygen atoms in total. The van der Waals surface area contributed by atoms with Crippen LogP contribution in [0.2, 0.25) is 0 Å². The largest absolute Gasteiger partial charge is 0.356 e. The monoisotopic (exact) mass is 233 g/mol. The van der Waals surface area contributed by atoms with E-state index in [0.29, 0.717) is 0 Å². The van der Waals surface area contributed by atoms with E-state index >= 15 is 0 Å². The minimum Gasteiger partial charge on any atom is -0.356 e. The Morgan fingerprint density at radius 1 is 1.25 bits per heavy atom. The first kappa shape index (κ1) is 11.1. The first-order valence-electron chi connectivity index (χ1n) is 5.26. The number of hydrogen-bond acceptors (Lipinski definition) is 4. The first-order valence-corrected chi connectivity index (χ1v) is 6.03. The van der Waals surface area contributed by atoms with Crippen molar-refractivity contribution < 1.29 is 0 Å². The number of aryl methyl sites for hydroxylation is 2. The quantitative estimate of drug-likeness (QED) is 0.885. The van der Waals surface area contributed by atoms with Gasteiger partial charge in [0.25, 0.3) is 0 Å². The first-order chi connectivity index (χ1) is 7.66. The predicted molar refractivity (Wildman–Crippen MR) is 67.9 cm³/mol. The Bertz CT molecular complexity index is 491. The number of aromatic nitrogens is 2. The summed E-state index contributed by atoms with van der Waals surface area (Å²) in [5.74, 6) is 0.827. The van der Waals surface area contributed by atoms with E-state index in [4.69, 9.17) is 0 Å². The van der Waals surface area contributed by atoms with E-state index in [2.05, 4.69) is 46.7 Å². The Hall–Kier alpha value is -1.42. The lowest BCUT2D eigenvalue weighted by atomic mass is 10.0. The van der Waals surface area contributed by atoms with Gasteiger partial charge in [0.15, 0.2) is 0 Å². The molecule has 0 saturated carbocycles. The minimum absolute atomic E-state index is 0.808. The third kappa shape index (κ3) is 2.39. The summed E-state index contributed by atoms with van der Waals surface area (Å²) in [6.45, 7) is 6.99. The van der Waals surface area contributed by atoms with Gasteiger partial charge in [-0.15, -0.1) is 0 Å². The molecule has 1 aromatic carbocycles. The van der Waals surface area contributed by atoms with Crippen LogP contribution in [0.15, 0.2) is 18.2 Å². The van der Waals surface area contributed by atoms with Gasteiger partial charge in [-0.1, -0.05) is 18.2 Å². The standard InChI is InChI=1S/C12H15N3S/c1-8-5-4-6-11(9(8)2)7-13-12-14-10(3)15-16-12/h4-6H,7H2,1-3H3,(H,13,14,15). The van der Waals surface area contributed by atoms with Crippen LogP contribution in [0.3, 0.4) is 0 Å². The average molecular weight is 233 g/mol. The van der Waals surface area contributed by atoms with Crippen LogP contribution in [-0.4, -0.2) is 9.36 Å². The summed E-state index contributed by atoms with van der Waals surface area (Å²) < 4.78 is 4.14. The highest BCUT2D eigenvalue weighted by molar-refractivity contribution is 7.09. The fourth-order valence-electron chi connectivity index (χ4n) is 1.54. The molecule has 0 atom stereocenters. The highest BCUT2D eigenvalue weighted by Crippen LogP contribution is 2.16. The molecule has 0 fully saturated rings. The molecule has 0 radical (unpaired) electrons. The highest BCUT2D eigenvalue weighted by atomic mass is 32.1. The summed E-state index contributed by atoms with van der Waals surface area (Å²) in [7, 11) is 0. The van der Waals surface area contributed by atoms with E-state index in [9.17, 15) is 0 Å². The van der Waals surface area contributed by atoms with Crippen molar-refractivity contribution in [3.8, 4) is 0 Å². The Morgan fingerprint density at radius 3 is 2.75 bits per heavy atom. The fraction of sp³-hybridized carbons (Fsp3) is 0.333. The smallest absolute Gasteiger partial charge is 0.202 e. The lowest BCUT2D eigenvalue weighted by Gasteiger charge is -2.08. The summed E-state index contributed by atoms with van der Waals surface area (Å²) in [6, 6.07) is 6.36. The van der Waals surface area contributed by atoms with E-state index in [0.717, 1.165) is 17.5 Å². The zero-order valence-corrected chi connectivity index (χ0v) is 10.6. The molecule has 0 spiro atoms. The number of anilines is 1. The van der Waals surface area contributed by atoms with Crippen LogP contribution in [0.4, 0.5) is 5.13 Å². The van der Waals surface area contributed by atoms with Crippen molar-refractivity contribution in [2.75, 3.05) is 5.32 Å². The van der Waals surface area contributed by atoms with Gasteiger partial charge in [0, 0.05) is 18.1 Å². The molecular formula is C12H15N3S. The van der Waals surface area contributed by atoms with Gasteiger partial charge in [-0.25, -0.2) is 4.98 Å². The molecule has 1 N–H and O–H groups in total. The van der Waals surface area contributed by atoms with Crippen molar-refractivity contribution >= 4 is 16.7 Å². The molecule has 1 heterocycles. The number of nitrogens with one attached hydrogen (secondary N) is 1. The van der Waals surface area contributed by atoms with Crippen LogP contribution in [0.25, 0.3) is 0 Å². The Kier molecular flexibility index (Phi) is 3.19. The number of nitrogens with zero attached hydrogens (tertiary/aromatic N) is 2. The van der Waals surface area contributed by atoms with Crippen LogP contribution in [0.1, 0.15) is 22.5 Å². The molecule has 84 valence electrons. The van der Waals surface area contributed by atoms with Gasteiger partial charge >= 0.3 is 0 Å². The molecule has 0 aliphatic rings. The van der Waals surface area contributed by atoms with E-state index in [1.165, 1.54) is 28.2 Å². The lowest BCUT2D eigenvalue weighted by Crippen LogP contribution is -2.01. The van der Waals surface area contributed by atoms with Crippen molar-refractivity contribution in [2.45, 2.75) is 27.3 Å². The molecule has 0 bridgehead atoms. The second-order valence-corrected chi connectivity index (χ2v) is 4.61. The van der Waals surface area contributed by atoms with E-state index in [1.807, 2.05) is 6.92 Å². The molecule has 2 aromatic rings. The molecule has 4 heteroatoms. The molecule has 2 rings (SSSR count). The van der Waals surface area contributed by atoms with Gasteiger partial charge in [0.1, 0.15) is 5.82 Å². The normalized spacial score (nSPS) is 10.4. The second-order valence-electron chi connectivity index (χ2n) is 3.86. The third-order valence-electron chi connectivity index (χ3n) is 2.67. The maximum absolute atomic E-state index is 4.27. The van der Waals surface area contributed by atoms with Gasteiger partial charge < -0.3 is 5.32 Å². The Balaban J connectivity index is 2.07. The van der Waals surface area contributed by atoms with E-state index in [1.54, 1.807) is 0 Å². The Labute approximate surface area is 99.7 Å². The Morgan fingerprint density at radius 2 is 2.06 bits per heavy atom. The molecule has 0 aliphatic heterocycles. The van der Waals surface area contributed by atoms with Gasteiger partial charge in [-0.05, 0) is 37.5 Å². The molecule has 0 amide bonds. The molecular weight excluding hydrogens is 218 g/mol. The molecule has 1 aromatic heterocycles. The molecule has 0 aliphatic carbocycles. The van der Waals surface area contributed by atoms with Gasteiger partial charge in [-0.2, -0.15) is 4.37 Å². The second kappa shape index (κ2) is 4.61. The van der Waals surface area contributed by atoms with Crippen molar-refractivity contribution in [3.63, 3.8) is 0 Å². The third-order valence-corrected chi connectivity index (χ3v) is 3.44. The summed E-state index contributed by atoms with van der Waals surface area (Å²) in [6.07, 6.45) is 0. The van der Waals surface area contributed by atoms with Crippen LogP contribution in [0.5, 0.6) is 0 Å². The topological polar surface area (TPSA) is 37.8 Å². The summed E-state index contributed by atoms with van der Waals surface area (Å²) in [4.78, 5) is 4.27. The van der Waals surface area contributed by atoms with Crippen LogP contribution in [0, 0.1) is 20.8 Å². The number of benzene rings is 1. The van der Waals surface area contributed by atoms with Crippen LogP contribution < -0.4 is 5.32 Å². The summed E-state index contributed by atoms with van der Waals surface area (Å²) in [5.41, 5.74) is 3.98. The SMILES string of the molecule is Cc1nsc(NCc2cccc(C)c2C)n1. The van der Waals surface area contributed by atoms with Gasteiger partial charge in [-0.3, -0.25) is 0 Å². The minimum atomic E-state index is 0.808. The van der Waals surface area contributed by atoms with Crippen molar-refractivity contribution in [1.29, 1.82) is 0 Å². The zero-order valence-electron chi connectivity index (χ0n) is 9.74. The van der Waals surface area contributed by atoms with Crippen molar-refractivity contribution in [3.05, 3.63) is 40.7 Å². The van der Waals surface area contributed by atoms with Gasteiger partial charge in [0.05, 0.1) is 0 Å². The zero-order chi connectivity index (χ0) is 11.5. The number of rotatable bonds is 3. The lowest BCUT2D eigenvalue weighted by molar-refractivity contribution is 1.08. The average Bonchev–Trinajstić information content (AvgIpc) is 2.67. The highest BCUT2D eigenvalue weighted by Gasteiger charge is 2.02. The van der Waals surface area contributed by atoms with Gasteiger partial charge in [0.2, 0.25) is 5.13 Å². The number of hydrogen-bond donors (Lipinski definition) is 1. The van der Waals surface area contributed by atoms with Crippen molar-refractivity contribution in [2.24, 2.45) is 0 Å². The fourth-order valence-corrected chi connectivity index (χ4v) is 2.11. The molecule has 16 heavy (non-hydrogen) atoms. The molecule has 0 unspecified atom stereocenters. The maximum atomic E-state index is 4.27. The van der Waals surface area contributed by atoms with Crippen LogP contribution in [-0.2, 0) is 6.54 Å². The summed E-state index contributed by atoms with van der Waals surface area (Å²) in [5, 5.41) is 4.18. The van der Waals surface area contributed by atoms with Crippen molar-refractivity contribution in [1.82, 2.24) is 9.36 Å². The maximum Gasteiger partial charge on any atom is 0.202 e.